The Hall–Kier alpha value is -10.5. The van der Waals surface area contributed by atoms with Crippen molar-refractivity contribution in [2.75, 3.05) is 9.80 Å². The third-order valence-corrected chi connectivity index (χ3v) is 23.1. The summed E-state index contributed by atoms with van der Waals surface area (Å²) in [4.78, 5) is 5.17. The molecule has 2 aliphatic carbocycles. The van der Waals surface area contributed by atoms with Gasteiger partial charge >= 0.3 is 0 Å². The standard InChI is InChI=1S/C90H66N2/c1-87(2)75-33-19-21-35-83(75)91(85-49-79-73(47-81(85)87)71-43-67-57-27-13-9-23-53(57)55-25-11-15-29-59(55)69(67)45-77(71)89(79,5)6)51-37-39-63-64-40-38-52(42-66(64)62-32-18-17-31-61(62)65(63)41-51)92-84-36-22-20-34-76(84)88(3,4)82-48-74-72-44-68-58-28-14-10-24-54(58)56-26-12-16-30-60(56)70(68)46-78(72)90(7,8)80(74)50-86(82)92/h9-50H,1-8H3. The van der Waals surface area contributed by atoms with Crippen molar-refractivity contribution >= 4 is 131 Å². The van der Waals surface area contributed by atoms with E-state index < -0.39 is 0 Å². The summed E-state index contributed by atoms with van der Waals surface area (Å²) in [6, 6.07) is 98.5. The third-order valence-electron chi connectivity index (χ3n) is 23.1. The molecule has 16 aromatic carbocycles. The summed E-state index contributed by atoms with van der Waals surface area (Å²) < 4.78 is 0. The Labute approximate surface area is 536 Å². The molecule has 0 spiro atoms. The maximum atomic E-state index is 2.59. The molecule has 0 bridgehead atoms. The first-order chi connectivity index (χ1) is 44.7. The van der Waals surface area contributed by atoms with Crippen molar-refractivity contribution in [3.8, 4) is 22.3 Å². The number of nitrogens with zero attached hydrogens (tertiary/aromatic N) is 2. The van der Waals surface area contributed by atoms with Gasteiger partial charge < -0.3 is 9.80 Å². The molecule has 0 amide bonds. The summed E-state index contributed by atoms with van der Waals surface area (Å²) in [6.45, 7) is 19.5. The van der Waals surface area contributed by atoms with Crippen LogP contribution in [0.15, 0.2) is 255 Å². The summed E-state index contributed by atoms with van der Waals surface area (Å²) in [7, 11) is 0. The maximum Gasteiger partial charge on any atom is 0.0506 e. The van der Waals surface area contributed by atoms with E-state index in [4.69, 9.17) is 0 Å². The number of fused-ring (bicyclic) bond motifs is 28. The van der Waals surface area contributed by atoms with Gasteiger partial charge in [0.05, 0.1) is 22.7 Å². The van der Waals surface area contributed by atoms with Crippen LogP contribution in [0.25, 0.3) is 119 Å². The predicted octanol–water partition coefficient (Wildman–Crippen LogP) is 24.9. The van der Waals surface area contributed by atoms with Crippen LogP contribution in [0.2, 0.25) is 0 Å². The van der Waals surface area contributed by atoms with Gasteiger partial charge in [-0.25, -0.2) is 0 Å². The zero-order valence-electron chi connectivity index (χ0n) is 53.1. The van der Waals surface area contributed by atoms with Crippen molar-refractivity contribution in [1.82, 2.24) is 0 Å². The molecule has 92 heavy (non-hydrogen) atoms. The SMILES string of the molecule is CC1(C)c2cc3c(cc2-c2cc4c5ccccc5c5ccccc5c4cc21)C(C)(C)c1ccccc1N3c1ccc2c3ccc(N4c5ccccc5C(C)(C)c5cc6c(cc54)C(C)(C)c4cc5c7ccccc7c7ccccc7c5cc4-6)cc3c3ccccc3c2c1. The number of para-hydroxylation sites is 2. The van der Waals surface area contributed by atoms with Crippen LogP contribution in [-0.4, -0.2) is 0 Å². The van der Waals surface area contributed by atoms with E-state index in [9.17, 15) is 0 Å². The van der Waals surface area contributed by atoms with Crippen LogP contribution < -0.4 is 9.80 Å². The van der Waals surface area contributed by atoms with Crippen molar-refractivity contribution in [3.05, 3.63) is 299 Å². The quantitative estimate of drug-likeness (QED) is 0.159. The molecule has 0 N–H and O–H groups in total. The molecule has 2 nitrogen and oxygen atoms in total. The topological polar surface area (TPSA) is 6.48 Å². The Morgan fingerprint density at radius 1 is 0.174 bits per heavy atom. The molecule has 16 aromatic rings. The van der Waals surface area contributed by atoms with Gasteiger partial charge in [-0.05, 0) is 249 Å². The van der Waals surface area contributed by atoms with Crippen LogP contribution >= 0.6 is 0 Å². The van der Waals surface area contributed by atoms with E-state index in [2.05, 4.69) is 320 Å². The lowest BCUT2D eigenvalue weighted by molar-refractivity contribution is 0.627. The van der Waals surface area contributed by atoms with Crippen LogP contribution in [0.4, 0.5) is 34.1 Å². The van der Waals surface area contributed by atoms with Crippen LogP contribution in [0, 0.1) is 0 Å². The molecule has 2 heteroatoms. The van der Waals surface area contributed by atoms with Crippen LogP contribution in [0.1, 0.15) is 99.9 Å². The minimum Gasteiger partial charge on any atom is -0.310 e. The van der Waals surface area contributed by atoms with E-state index in [0.717, 1.165) is 11.4 Å². The number of rotatable bonds is 2. The van der Waals surface area contributed by atoms with Gasteiger partial charge in [0.15, 0.2) is 0 Å². The van der Waals surface area contributed by atoms with Crippen LogP contribution in [-0.2, 0) is 21.7 Å². The minimum atomic E-state index is -0.269. The van der Waals surface area contributed by atoms with Gasteiger partial charge in [0.1, 0.15) is 0 Å². The maximum absolute atomic E-state index is 2.59. The summed E-state index contributed by atoms with van der Waals surface area (Å²) in [6.07, 6.45) is 0. The largest absolute Gasteiger partial charge is 0.310 e. The number of hydrogen-bond acceptors (Lipinski definition) is 2. The lowest BCUT2D eigenvalue weighted by Gasteiger charge is -2.43. The third kappa shape index (κ3) is 6.59. The molecule has 0 radical (unpaired) electrons. The Morgan fingerprint density at radius 3 is 0.750 bits per heavy atom. The predicted molar refractivity (Wildman–Crippen MR) is 393 cm³/mol. The van der Waals surface area contributed by atoms with Crippen molar-refractivity contribution in [2.45, 2.75) is 77.0 Å². The summed E-state index contributed by atoms with van der Waals surface area (Å²) in [5.41, 5.74) is 22.5. The molecule has 0 atom stereocenters. The van der Waals surface area contributed by atoms with Gasteiger partial charge in [-0.15, -0.1) is 0 Å². The highest BCUT2D eigenvalue weighted by Crippen LogP contribution is 2.62. The van der Waals surface area contributed by atoms with Crippen molar-refractivity contribution in [2.24, 2.45) is 0 Å². The Balaban J connectivity index is 0.752. The summed E-state index contributed by atoms with van der Waals surface area (Å²) in [5, 5.41) is 23.3. The molecule has 0 saturated carbocycles. The molecule has 436 valence electrons. The van der Waals surface area contributed by atoms with Gasteiger partial charge in [0.25, 0.3) is 0 Å². The Bertz CT molecular complexity index is 5700. The van der Waals surface area contributed by atoms with Gasteiger partial charge in [0.2, 0.25) is 0 Å². The summed E-state index contributed by atoms with van der Waals surface area (Å²) >= 11 is 0. The highest BCUT2D eigenvalue weighted by molar-refractivity contribution is 6.29. The van der Waals surface area contributed by atoms with Crippen molar-refractivity contribution < 1.29 is 0 Å². The molecule has 0 unspecified atom stereocenters. The molecular weight excluding hydrogens is 1110 g/mol. The second-order valence-corrected chi connectivity index (χ2v) is 29.1. The highest BCUT2D eigenvalue weighted by Gasteiger charge is 2.45. The van der Waals surface area contributed by atoms with Crippen LogP contribution in [0.5, 0.6) is 0 Å². The fraction of sp³-hybridized carbons (Fsp3) is 0.133. The Kier molecular flexibility index (Phi) is 10.0. The molecule has 20 rings (SSSR count). The van der Waals surface area contributed by atoms with Gasteiger partial charge in [-0.2, -0.15) is 0 Å². The lowest BCUT2D eigenvalue weighted by atomic mass is 9.71. The fourth-order valence-corrected chi connectivity index (χ4v) is 18.4. The minimum absolute atomic E-state index is 0.247. The smallest absolute Gasteiger partial charge is 0.0506 e. The van der Waals surface area contributed by atoms with Gasteiger partial charge in [-0.1, -0.05) is 225 Å². The zero-order valence-corrected chi connectivity index (χ0v) is 53.1. The number of hydrogen-bond donors (Lipinski definition) is 0. The van der Waals surface area contributed by atoms with Gasteiger partial charge in [0, 0.05) is 33.0 Å². The van der Waals surface area contributed by atoms with E-state index in [-0.39, 0.29) is 21.7 Å². The second-order valence-electron chi connectivity index (χ2n) is 29.1. The first-order valence-corrected chi connectivity index (χ1v) is 33.0. The second kappa shape index (κ2) is 17.7. The molecule has 2 heterocycles. The van der Waals surface area contributed by atoms with Crippen molar-refractivity contribution in [1.29, 1.82) is 0 Å². The van der Waals surface area contributed by atoms with E-state index in [1.54, 1.807) is 0 Å². The highest BCUT2D eigenvalue weighted by atomic mass is 15.2. The van der Waals surface area contributed by atoms with Crippen molar-refractivity contribution in [3.63, 3.8) is 0 Å². The van der Waals surface area contributed by atoms with E-state index in [0.29, 0.717) is 0 Å². The van der Waals surface area contributed by atoms with E-state index in [1.165, 1.54) is 186 Å². The molecular formula is C90H66N2. The molecule has 2 aliphatic heterocycles. The number of benzene rings is 16. The number of anilines is 6. The fourth-order valence-electron chi connectivity index (χ4n) is 18.4. The van der Waals surface area contributed by atoms with E-state index in [1.807, 2.05) is 0 Å². The first kappa shape index (κ1) is 52.3. The lowest BCUT2D eigenvalue weighted by Crippen LogP contribution is -2.31. The van der Waals surface area contributed by atoms with Gasteiger partial charge in [-0.3, -0.25) is 0 Å². The summed E-state index contributed by atoms with van der Waals surface area (Å²) in [5.74, 6) is 0. The molecule has 4 aliphatic rings. The average molecular weight is 1180 g/mol. The Morgan fingerprint density at radius 2 is 0.413 bits per heavy atom. The average Bonchev–Trinajstić information content (AvgIpc) is 1.44. The molecule has 0 fully saturated rings. The molecule has 0 aromatic heterocycles. The zero-order chi connectivity index (χ0) is 61.6. The van der Waals surface area contributed by atoms with E-state index >= 15 is 0 Å². The molecule has 0 saturated heterocycles. The van der Waals surface area contributed by atoms with Crippen LogP contribution in [0.3, 0.4) is 0 Å². The normalized spacial score (nSPS) is 15.9. The monoisotopic (exact) mass is 1170 g/mol. The first-order valence-electron chi connectivity index (χ1n) is 33.0.